The lowest BCUT2D eigenvalue weighted by Gasteiger charge is -2.55. The SMILES string of the molecule is COc1ccc(CO[C@H]2[C@H](O[C@@H]3O[C@@H]4CO[C@@H](c5ccccc5)O[C@H]4[C@H](O[Si](C)(C)C(C)(C)C)[C@H]3N3C(=O)c4ccccc4C3=O)[C@@H](COCc3ccccc3)O[C@@H](OCCCN=[N+]=[N-])[C@@H]2N2C(=O)c3ccccc3C2=O)cc1. The number of benzene rings is 5. The fourth-order valence-corrected chi connectivity index (χ4v) is 11.7. The average molecular weight is 1100 g/mol. The van der Waals surface area contributed by atoms with E-state index in [1.165, 1.54) is 0 Å². The van der Waals surface area contributed by atoms with Crippen LogP contribution in [0.3, 0.4) is 0 Å². The molecule has 0 N–H and O–H groups in total. The fourth-order valence-electron chi connectivity index (χ4n) is 10.4. The molecular formula is C59H65N5O14Si. The maximum absolute atomic E-state index is 15.1. The number of rotatable bonds is 20. The molecule has 0 bridgehead atoms. The summed E-state index contributed by atoms with van der Waals surface area (Å²) in [6, 6.07) is 36.6. The van der Waals surface area contributed by atoms with Gasteiger partial charge < -0.3 is 47.1 Å². The second-order valence-electron chi connectivity index (χ2n) is 21.5. The van der Waals surface area contributed by atoms with Crippen LogP contribution in [0.1, 0.15) is 91.6 Å². The van der Waals surface area contributed by atoms with Crippen LogP contribution < -0.4 is 4.74 Å². The molecule has 5 aliphatic heterocycles. The lowest BCUT2D eigenvalue weighted by molar-refractivity contribution is -0.372. The first-order valence-electron chi connectivity index (χ1n) is 26.6. The molecule has 0 spiro atoms. The maximum Gasteiger partial charge on any atom is 0.262 e. The predicted octanol–water partition coefficient (Wildman–Crippen LogP) is 9.18. The Labute approximate surface area is 459 Å². The van der Waals surface area contributed by atoms with Crippen LogP contribution in [0.5, 0.6) is 5.75 Å². The molecule has 0 aromatic heterocycles. The summed E-state index contributed by atoms with van der Waals surface area (Å²) in [5.41, 5.74) is 12.1. The van der Waals surface area contributed by atoms with Gasteiger partial charge in [0.25, 0.3) is 23.6 Å². The summed E-state index contributed by atoms with van der Waals surface area (Å²) in [6.07, 6.45) is -10.2. The monoisotopic (exact) mass is 1100 g/mol. The topological polar surface area (TPSA) is 216 Å². The number of amides is 4. The summed E-state index contributed by atoms with van der Waals surface area (Å²) in [5, 5.41) is 3.30. The van der Waals surface area contributed by atoms with Gasteiger partial charge >= 0.3 is 0 Å². The standard InChI is InChI=1S/C59H65N5O14Si/c1-59(2,3)79(5,6)78-51-47(64-54(67)42-24-15-16-25-43(42)55(64)68)58(75-45-35-73-56(76-49(45)51)38-20-11-8-12-21-38)77-48-44(34-70-32-36-18-9-7-10-19-36)74-57(71-31-17-30-61-62-60)46(50(48)72-33-37-26-28-39(69-4)29-27-37)63-52(65)40-22-13-14-23-41(40)53(63)66/h7-16,18-29,44-51,56-58H,17,30-35H2,1-6H3/t44-,45-,46-,47-,48-,49-,50-,51-,56-,57-,58+/m1/s1. The molecule has 5 aliphatic rings. The van der Waals surface area contributed by atoms with Crippen LogP contribution in [0.25, 0.3) is 10.4 Å². The average Bonchev–Trinajstić information content (AvgIpc) is 4.08. The second-order valence-corrected chi connectivity index (χ2v) is 26.3. The highest BCUT2D eigenvalue weighted by Gasteiger charge is 2.62. The Bertz CT molecular complexity index is 2960. The Hall–Kier alpha value is -6.65. The van der Waals surface area contributed by atoms with Gasteiger partial charge in [0.1, 0.15) is 48.4 Å². The fraction of sp³-hybridized carbons (Fsp3) is 0.424. The molecule has 5 aromatic carbocycles. The number of hydrogen-bond donors (Lipinski definition) is 0. The van der Waals surface area contributed by atoms with Gasteiger partial charge in [-0.3, -0.25) is 29.0 Å². The number of nitrogens with zero attached hydrogens (tertiary/aromatic N) is 5. The third-order valence-electron chi connectivity index (χ3n) is 15.5. The van der Waals surface area contributed by atoms with Crippen LogP contribution >= 0.6 is 0 Å². The van der Waals surface area contributed by atoms with Crippen LogP contribution in [0.4, 0.5) is 0 Å². The van der Waals surface area contributed by atoms with Gasteiger partial charge in [0.05, 0.1) is 61.9 Å². The van der Waals surface area contributed by atoms with E-state index in [-0.39, 0.29) is 73.3 Å². The molecule has 79 heavy (non-hydrogen) atoms. The normalized spacial score (nSPS) is 26.8. The highest BCUT2D eigenvalue weighted by Crippen LogP contribution is 2.46. The Balaban J connectivity index is 1.12. The quantitative estimate of drug-likeness (QED) is 0.0177. The van der Waals surface area contributed by atoms with Crippen molar-refractivity contribution < 1.29 is 66.2 Å². The summed E-state index contributed by atoms with van der Waals surface area (Å²) in [7, 11) is -1.33. The van der Waals surface area contributed by atoms with Gasteiger partial charge in [-0.15, -0.1) is 0 Å². The van der Waals surface area contributed by atoms with Crippen molar-refractivity contribution in [2.45, 2.75) is 126 Å². The van der Waals surface area contributed by atoms with E-state index in [0.29, 0.717) is 11.3 Å². The Morgan fingerprint density at radius 3 is 1.78 bits per heavy atom. The Kier molecular flexibility index (Phi) is 16.9. The van der Waals surface area contributed by atoms with Crippen LogP contribution in [-0.4, -0.2) is 137 Å². The van der Waals surface area contributed by atoms with E-state index >= 15 is 9.59 Å². The minimum atomic E-state index is -2.89. The lowest BCUT2D eigenvalue weighted by Crippen LogP contribution is -2.72. The number of hydrogen-bond acceptors (Lipinski definition) is 15. The maximum atomic E-state index is 15.1. The van der Waals surface area contributed by atoms with E-state index in [1.807, 2.05) is 72.8 Å². The van der Waals surface area contributed by atoms with E-state index in [2.05, 4.69) is 43.9 Å². The molecule has 10 rings (SSSR count). The zero-order valence-electron chi connectivity index (χ0n) is 45.0. The summed E-state index contributed by atoms with van der Waals surface area (Å²) >= 11 is 0. The third-order valence-corrected chi connectivity index (χ3v) is 20.0. The molecule has 5 heterocycles. The largest absolute Gasteiger partial charge is 0.497 e. The molecule has 3 saturated heterocycles. The van der Waals surface area contributed by atoms with E-state index in [0.717, 1.165) is 20.9 Å². The molecule has 0 aliphatic carbocycles. The van der Waals surface area contributed by atoms with E-state index in [4.69, 9.17) is 52.6 Å². The summed E-state index contributed by atoms with van der Waals surface area (Å²) < 4.78 is 68.0. The zero-order valence-corrected chi connectivity index (χ0v) is 46.0. The molecule has 19 nitrogen and oxygen atoms in total. The van der Waals surface area contributed by atoms with Crippen LogP contribution in [0.2, 0.25) is 18.1 Å². The molecule has 0 saturated carbocycles. The van der Waals surface area contributed by atoms with Gasteiger partial charge in [-0.25, -0.2) is 0 Å². The minimum absolute atomic E-state index is 0.0120. The molecule has 0 unspecified atom stereocenters. The Morgan fingerprint density at radius 2 is 1.22 bits per heavy atom. The molecule has 5 aromatic rings. The predicted molar refractivity (Wildman–Crippen MR) is 288 cm³/mol. The Morgan fingerprint density at radius 1 is 0.658 bits per heavy atom. The van der Waals surface area contributed by atoms with Gasteiger partial charge in [0.15, 0.2) is 27.2 Å². The van der Waals surface area contributed by atoms with E-state index in [1.54, 1.807) is 67.8 Å². The van der Waals surface area contributed by atoms with Gasteiger partial charge in [-0.1, -0.05) is 123 Å². The van der Waals surface area contributed by atoms with E-state index < -0.39 is 99.5 Å². The van der Waals surface area contributed by atoms with Crippen molar-refractivity contribution in [2.75, 3.05) is 33.5 Å². The summed E-state index contributed by atoms with van der Waals surface area (Å²) in [6.45, 7) is 10.4. The van der Waals surface area contributed by atoms with Crippen molar-refractivity contribution in [1.82, 2.24) is 9.80 Å². The number of carbonyl (C=O) groups is 4. The van der Waals surface area contributed by atoms with Crippen molar-refractivity contribution >= 4 is 31.9 Å². The van der Waals surface area contributed by atoms with Crippen LogP contribution in [-0.2, 0) is 55.5 Å². The molecular weight excluding hydrogens is 1030 g/mol. The second kappa shape index (κ2) is 24.0. The van der Waals surface area contributed by atoms with Gasteiger partial charge in [0.2, 0.25) is 0 Å². The number of ether oxygens (including phenoxy) is 9. The van der Waals surface area contributed by atoms with Crippen molar-refractivity contribution in [3.8, 4) is 5.75 Å². The van der Waals surface area contributed by atoms with Crippen LogP contribution in [0.15, 0.2) is 139 Å². The number of azide groups is 1. The highest BCUT2D eigenvalue weighted by atomic mass is 28.4. The first-order valence-corrected chi connectivity index (χ1v) is 29.5. The molecule has 11 atom stereocenters. The number of carbonyl (C=O) groups excluding carboxylic acids is 4. The summed E-state index contributed by atoms with van der Waals surface area (Å²) in [4.78, 5) is 65.1. The first-order chi connectivity index (χ1) is 38.2. The molecule has 4 amide bonds. The first kappa shape index (κ1) is 55.7. The van der Waals surface area contributed by atoms with Gasteiger partial charge in [-0.05, 0) is 77.6 Å². The smallest absolute Gasteiger partial charge is 0.262 e. The molecule has 3 fully saturated rings. The molecule has 20 heteroatoms. The van der Waals surface area contributed by atoms with E-state index in [9.17, 15) is 9.59 Å². The number of fused-ring (bicyclic) bond motifs is 3. The molecule has 0 radical (unpaired) electrons. The van der Waals surface area contributed by atoms with Gasteiger partial charge in [-0.2, -0.15) is 0 Å². The minimum Gasteiger partial charge on any atom is -0.497 e. The molecule has 414 valence electrons. The number of methoxy groups -OCH3 is 1. The van der Waals surface area contributed by atoms with Crippen molar-refractivity contribution in [1.29, 1.82) is 0 Å². The summed E-state index contributed by atoms with van der Waals surface area (Å²) in [5.74, 6) is -1.83. The van der Waals surface area contributed by atoms with Crippen molar-refractivity contribution in [3.05, 3.63) is 183 Å². The van der Waals surface area contributed by atoms with Gasteiger partial charge in [0, 0.05) is 23.6 Å². The number of imide groups is 2. The third kappa shape index (κ3) is 11.6. The lowest BCUT2D eigenvalue weighted by atomic mass is 9.92. The highest BCUT2D eigenvalue weighted by molar-refractivity contribution is 6.74. The van der Waals surface area contributed by atoms with Crippen LogP contribution in [0, 0.1) is 0 Å². The van der Waals surface area contributed by atoms with Crippen molar-refractivity contribution in [3.63, 3.8) is 0 Å². The zero-order chi connectivity index (χ0) is 55.4. The van der Waals surface area contributed by atoms with Crippen molar-refractivity contribution in [2.24, 2.45) is 5.11 Å².